The zero-order valence-corrected chi connectivity index (χ0v) is 24.1. The molecule has 0 aliphatic carbocycles. The summed E-state index contributed by atoms with van der Waals surface area (Å²) < 4.78 is 12.3. The fraction of sp³-hybridized carbons (Fsp3) is 0.444. The van der Waals surface area contributed by atoms with Gasteiger partial charge in [0.05, 0.1) is 0 Å². The van der Waals surface area contributed by atoms with E-state index in [1.54, 1.807) is 0 Å². The fourth-order valence-electron chi connectivity index (χ4n) is 5.82. The Morgan fingerprint density at radius 1 is 0.525 bits per heavy atom. The summed E-state index contributed by atoms with van der Waals surface area (Å²) >= 11 is 0. The van der Waals surface area contributed by atoms with E-state index in [0.29, 0.717) is 0 Å². The van der Waals surface area contributed by atoms with Crippen LogP contribution in [0.4, 0.5) is 0 Å². The standard InChI is InChI=1S/C36H46N2O2/c1-2-9-23-37(22-8-1)26-28-39-34-18-14-32(15-19-34)36(30-31-12-6-5-7-13-31)33-16-20-35(21-17-33)40-29-27-38-24-10-3-4-11-25-38/h5-7,12-21,30H,1-4,8-11,22-29H2. The molecule has 0 amide bonds. The Balaban J connectivity index is 1.22. The Morgan fingerprint density at radius 3 is 1.38 bits per heavy atom. The van der Waals surface area contributed by atoms with Crippen LogP contribution in [0.15, 0.2) is 78.9 Å². The first-order chi connectivity index (χ1) is 19.8. The van der Waals surface area contributed by atoms with Crippen LogP contribution >= 0.6 is 0 Å². The van der Waals surface area contributed by atoms with Gasteiger partial charge >= 0.3 is 0 Å². The molecule has 5 rings (SSSR count). The van der Waals surface area contributed by atoms with Gasteiger partial charge in [-0.15, -0.1) is 0 Å². The summed E-state index contributed by atoms with van der Waals surface area (Å²) in [6.45, 7) is 8.32. The van der Waals surface area contributed by atoms with E-state index >= 15 is 0 Å². The molecule has 2 saturated heterocycles. The molecule has 40 heavy (non-hydrogen) atoms. The van der Waals surface area contributed by atoms with E-state index in [0.717, 1.165) is 37.8 Å². The predicted molar refractivity (Wildman–Crippen MR) is 167 cm³/mol. The quantitative estimate of drug-likeness (QED) is 0.233. The van der Waals surface area contributed by atoms with E-state index in [1.165, 1.54) is 99.8 Å². The van der Waals surface area contributed by atoms with Crippen LogP contribution in [-0.2, 0) is 0 Å². The van der Waals surface area contributed by atoms with E-state index in [-0.39, 0.29) is 0 Å². The van der Waals surface area contributed by atoms with E-state index in [1.807, 2.05) is 0 Å². The van der Waals surface area contributed by atoms with Crippen molar-refractivity contribution in [3.8, 4) is 11.5 Å². The minimum atomic E-state index is 0.741. The summed E-state index contributed by atoms with van der Waals surface area (Å²) in [6, 6.07) is 27.7. The number of hydrogen-bond acceptors (Lipinski definition) is 4. The van der Waals surface area contributed by atoms with Crippen molar-refractivity contribution in [3.63, 3.8) is 0 Å². The second kappa shape index (κ2) is 15.6. The van der Waals surface area contributed by atoms with Gasteiger partial charge in [-0.25, -0.2) is 0 Å². The zero-order chi connectivity index (χ0) is 27.2. The van der Waals surface area contributed by atoms with Crippen molar-refractivity contribution in [3.05, 3.63) is 95.6 Å². The summed E-state index contributed by atoms with van der Waals surface area (Å²) in [4.78, 5) is 5.09. The maximum Gasteiger partial charge on any atom is 0.119 e. The highest BCUT2D eigenvalue weighted by molar-refractivity contribution is 5.91. The number of ether oxygens (including phenoxy) is 2. The van der Waals surface area contributed by atoms with Crippen LogP contribution in [0.1, 0.15) is 68.1 Å². The first kappa shape index (κ1) is 28.4. The third kappa shape index (κ3) is 8.97. The molecule has 0 unspecified atom stereocenters. The second-order valence-electron chi connectivity index (χ2n) is 11.2. The summed E-state index contributed by atoms with van der Waals surface area (Å²) in [6.07, 6.45) is 13.0. The van der Waals surface area contributed by atoms with E-state index in [9.17, 15) is 0 Å². The number of hydrogen-bond donors (Lipinski definition) is 0. The second-order valence-corrected chi connectivity index (χ2v) is 11.2. The third-order valence-corrected chi connectivity index (χ3v) is 8.19. The lowest BCUT2D eigenvalue weighted by molar-refractivity contribution is 0.214. The van der Waals surface area contributed by atoms with Crippen LogP contribution < -0.4 is 9.47 Å². The van der Waals surface area contributed by atoms with Gasteiger partial charge in [-0.1, -0.05) is 80.3 Å². The molecule has 3 aromatic rings. The first-order valence-corrected chi connectivity index (χ1v) is 15.5. The van der Waals surface area contributed by atoms with Crippen LogP contribution in [-0.4, -0.2) is 62.3 Å². The molecule has 4 heteroatoms. The van der Waals surface area contributed by atoms with E-state index < -0.39 is 0 Å². The molecule has 3 aromatic carbocycles. The van der Waals surface area contributed by atoms with Gasteiger partial charge in [-0.05, 0) is 104 Å². The molecule has 2 fully saturated rings. The average Bonchev–Trinajstić information content (AvgIpc) is 3.43. The lowest BCUT2D eigenvalue weighted by Crippen LogP contribution is -2.29. The molecular formula is C36H46N2O2. The topological polar surface area (TPSA) is 24.9 Å². The summed E-state index contributed by atoms with van der Waals surface area (Å²) in [5.41, 5.74) is 4.74. The number of rotatable bonds is 11. The van der Waals surface area contributed by atoms with Crippen LogP contribution in [0, 0.1) is 0 Å². The van der Waals surface area contributed by atoms with Gasteiger partial charge < -0.3 is 9.47 Å². The van der Waals surface area contributed by atoms with E-state index in [2.05, 4.69) is 94.7 Å². The molecule has 2 aliphatic rings. The van der Waals surface area contributed by atoms with Crippen molar-refractivity contribution in [2.24, 2.45) is 0 Å². The molecule has 4 nitrogen and oxygen atoms in total. The number of benzene rings is 3. The summed E-state index contributed by atoms with van der Waals surface area (Å²) in [5.74, 6) is 1.87. The SMILES string of the molecule is C(=C(c1ccc(OCCN2CCCCCC2)cc1)c1ccc(OCCN2CCCCCC2)cc1)c1ccccc1. The van der Waals surface area contributed by atoms with Crippen molar-refractivity contribution < 1.29 is 9.47 Å². The zero-order valence-electron chi connectivity index (χ0n) is 24.1. The van der Waals surface area contributed by atoms with Gasteiger partial charge in [0.2, 0.25) is 0 Å². The largest absolute Gasteiger partial charge is 0.492 e. The minimum Gasteiger partial charge on any atom is -0.492 e. The molecule has 0 radical (unpaired) electrons. The lowest BCUT2D eigenvalue weighted by atomic mass is 9.95. The molecule has 0 bridgehead atoms. The van der Waals surface area contributed by atoms with Crippen molar-refractivity contribution in [2.45, 2.75) is 51.4 Å². The highest BCUT2D eigenvalue weighted by atomic mass is 16.5. The van der Waals surface area contributed by atoms with Gasteiger partial charge in [0, 0.05) is 13.1 Å². The average molecular weight is 539 g/mol. The molecular weight excluding hydrogens is 492 g/mol. The summed E-state index contributed by atoms with van der Waals surface area (Å²) in [5, 5.41) is 0. The van der Waals surface area contributed by atoms with Crippen LogP contribution in [0.2, 0.25) is 0 Å². The van der Waals surface area contributed by atoms with E-state index in [4.69, 9.17) is 9.47 Å². The molecule has 0 atom stereocenters. The predicted octanol–water partition coefficient (Wildman–Crippen LogP) is 7.79. The molecule has 212 valence electrons. The first-order valence-electron chi connectivity index (χ1n) is 15.5. The highest BCUT2D eigenvalue weighted by Crippen LogP contribution is 2.29. The molecule has 0 aromatic heterocycles. The minimum absolute atomic E-state index is 0.741. The van der Waals surface area contributed by atoms with Gasteiger partial charge in [0.25, 0.3) is 0 Å². The van der Waals surface area contributed by atoms with Gasteiger partial charge in [-0.2, -0.15) is 0 Å². The molecule has 0 spiro atoms. The van der Waals surface area contributed by atoms with Gasteiger partial charge in [-0.3, -0.25) is 9.80 Å². The maximum atomic E-state index is 6.13. The highest BCUT2D eigenvalue weighted by Gasteiger charge is 2.11. The number of nitrogens with zero attached hydrogens (tertiary/aromatic N) is 2. The molecule has 0 saturated carbocycles. The van der Waals surface area contributed by atoms with Crippen molar-refractivity contribution in [1.29, 1.82) is 0 Å². The van der Waals surface area contributed by atoms with Crippen LogP contribution in [0.3, 0.4) is 0 Å². The molecule has 2 aliphatic heterocycles. The van der Waals surface area contributed by atoms with Crippen LogP contribution in [0.5, 0.6) is 11.5 Å². The Hall–Kier alpha value is -3.08. The van der Waals surface area contributed by atoms with Crippen molar-refractivity contribution in [1.82, 2.24) is 9.80 Å². The molecule has 2 heterocycles. The smallest absolute Gasteiger partial charge is 0.119 e. The van der Waals surface area contributed by atoms with Crippen molar-refractivity contribution in [2.75, 3.05) is 52.5 Å². The third-order valence-electron chi connectivity index (χ3n) is 8.19. The Kier molecular flexibility index (Phi) is 11.1. The monoisotopic (exact) mass is 538 g/mol. The van der Waals surface area contributed by atoms with Gasteiger partial charge in [0.1, 0.15) is 24.7 Å². The Bertz CT molecular complexity index is 1070. The van der Waals surface area contributed by atoms with Crippen LogP contribution in [0.25, 0.3) is 11.6 Å². The number of likely N-dealkylation sites (tertiary alicyclic amines) is 2. The van der Waals surface area contributed by atoms with Crippen molar-refractivity contribution >= 4 is 11.6 Å². The normalized spacial score (nSPS) is 17.0. The summed E-state index contributed by atoms with van der Waals surface area (Å²) in [7, 11) is 0. The Labute approximate surface area is 241 Å². The fourth-order valence-corrected chi connectivity index (χ4v) is 5.82. The van der Waals surface area contributed by atoms with Gasteiger partial charge in [0.15, 0.2) is 0 Å². The maximum absolute atomic E-state index is 6.13. The lowest BCUT2D eigenvalue weighted by Gasteiger charge is -2.20. The molecule has 0 N–H and O–H groups in total. The Morgan fingerprint density at radius 2 is 0.950 bits per heavy atom.